The van der Waals surface area contributed by atoms with Gasteiger partial charge in [-0.1, -0.05) is 13.0 Å². The molecule has 2 aromatic heterocycles. The zero-order chi connectivity index (χ0) is 17.0. The second kappa shape index (κ2) is 7.19. The number of rotatable bonds is 6. The Kier molecular flexibility index (Phi) is 5.49. The average Bonchev–Trinajstić information content (AvgIpc) is 3.12. The fourth-order valence-corrected chi connectivity index (χ4v) is 3.28. The van der Waals surface area contributed by atoms with Crippen LogP contribution in [0.3, 0.4) is 0 Å². The highest BCUT2D eigenvalue weighted by atomic mass is 32.1. The summed E-state index contributed by atoms with van der Waals surface area (Å²) in [4.78, 5) is 13.2. The lowest BCUT2D eigenvalue weighted by Gasteiger charge is -2.23. The summed E-state index contributed by atoms with van der Waals surface area (Å²) in [7, 11) is 0. The standard InChI is InChI=1S/C17H24N2O3S/c1-11(15-6-5-7-23-15)9-18-16(20)19-10-17(4,21)14-8-12(2)22-13(14)3/h5-8,11,21H,9-10H2,1-4H3,(H2,18,19,20). The third-order valence-corrected chi connectivity index (χ3v) is 4.92. The number of furan rings is 1. The van der Waals surface area contributed by atoms with Gasteiger partial charge in [-0.15, -0.1) is 11.3 Å². The summed E-state index contributed by atoms with van der Waals surface area (Å²) in [6.45, 7) is 8.04. The van der Waals surface area contributed by atoms with Crippen molar-refractivity contribution in [1.29, 1.82) is 0 Å². The zero-order valence-electron chi connectivity index (χ0n) is 14.0. The molecular formula is C17H24N2O3S. The van der Waals surface area contributed by atoms with Gasteiger partial charge >= 0.3 is 6.03 Å². The van der Waals surface area contributed by atoms with Gasteiger partial charge in [-0.3, -0.25) is 0 Å². The topological polar surface area (TPSA) is 74.5 Å². The Balaban J connectivity index is 1.82. The van der Waals surface area contributed by atoms with Crippen LogP contribution in [0.15, 0.2) is 28.0 Å². The van der Waals surface area contributed by atoms with E-state index in [4.69, 9.17) is 4.42 Å². The third kappa shape index (κ3) is 4.59. The first-order chi connectivity index (χ1) is 10.8. The van der Waals surface area contributed by atoms with E-state index in [1.165, 1.54) is 4.88 Å². The zero-order valence-corrected chi connectivity index (χ0v) is 14.8. The predicted molar refractivity (Wildman–Crippen MR) is 91.9 cm³/mol. The Morgan fingerprint density at radius 2 is 2.17 bits per heavy atom. The number of hydrogen-bond acceptors (Lipinski definition) is 4. The molecule has 0 spiro atoms. The van der Waals surface area contributed by atoms with Gasteiger partial charge in [0, 0.05) is 22.9 Å². The highest BCUT2D eigenvalue weighted by Gasteiger charge is 2.28. The van der Waals surface area contributed by atoms with Crippen LogP contribution in [0.25, 0.3) is 0 Å². The molecule has 5 nitrogen and oxygen atoms in total. The van der Waals surface area contributed by atoms with Gasteiger partial charge in [0.25, 0.3) is 0 Å². The molecule has 2 rings (SSSR count). The van der Waals surface area contributed by atoms with Crippen LogP contribution in [0.1, 0.15) is 41.7 Å². The van der Waals surface area contributed by atoms with E-state index in [0.717, 1.165) is 5.76 Å². The van der Waals surface area contributed by atoms with Crippen molar-refractivity contribution in [3.05, 3.63) is 45.5 Å². The van der Waals surface area contributed by atoms with E-state index in [2.05, 4.69) is 23.6 Å². The molecule has 0 aliphatic heterocycles. The van der Waals surface area contributed by atoms with Gasteiger partial charge in [0.15, 0.2) is 0 Å². The van der Waals surface area contributed by atoms with Gasteiger partial charge < -0.3 is 20.2 Å². The van der Waals surface area contributed by atoms with Crippen molar-refractivity contribution in [2.24, 2.45) is 0 Å². The lowest BCUT2D eigenvalue weighted by molar-refractivity contribution is 0.0579. The molecule has 0 aliphatic rings. The van der Waals surface area contributed by atoms with Gasteiger partial charge in [-0.25, -0.2) is 4.79 Å². The van der Waals surface area contributed by atoms with Crippen molar-refractivity contribution in [3.8, 4) is 0 Å². The summed E-state index contributed by atoms with van der Waals surface area (Å²) in [6, 6.07) is 5.58. The van der Waals surface area contributed by atoms with E-state index in [1.807, 2.05) is 18.4 Å². The predicted octanol–water partition coefficient (Wildman–Crippen LogP) is 3.27. The summed E-state index contributed by atoms with van der Waals surface area (Å²) in [5.74, 6) is 1.67. The van der Waals surface area contributed by atoms with Crippen molar-refractivity contribution < 1.29 is 14.3 Å². The fraction of sp³-hybridized carbons (Fsp3) is 0.471. The molecule has 2 amide bonds. The number of hydrogen-bond donors (Lipinski definition) is 3. The molecule has 0 aliphatic carbocycles. The van der Waals surface area contributed by atoms with Crippen LogP contribution in [0.4, 0.5) is 4.79 Å². The summed E-state index contributed by atoms with van der Waals surface area (Å²) in [5, 5.41) is 18.1. The molecule has 0 bridgehead atoms. The number of carbonyl (C=O) groups excluding carboxylic acids is 1. The monoisotopic (exact) mass is 336 g/mol. The maximum Gasteiger partial charge on any atom is 0.314 e. The third-order valence-electron chi connectivity index (χ3n) is 3.81. The van der Waals surface area contributed by atoms with Crippen LogP contribution in [0.5, 0.6) is 0 Å². The van der Waals surface area contributed by atoms with E-state index < -0.39 is 5.60 Å². The van der Waals surface area contributed by atoms with Crippen molar-refractivity contribution in [1.82, 2.24) is 10.6 Å². The molecule has 0 radical (unpaired) electrons. The molecule has 2 atom stereocenters. The fourth-order valence-electron chi connectivity index (χ4n) is 2.49. The molecule has 0 aromatic carbocycles. The molecule has 3 N–H and O–H groups in total. The number of carbonyl (C=O) groups is 1. The van der Waals surface area contributed by atoms with Gasteiger partial charge in [0.2, 0.25) is 0 Å². The SMILES string of the molecule is Cc1cc(C(C)(O)CNC(=O)NCC(C)c2cccs2)c(C)o1. The minimum Gasteiger partial charge on any atom is -0.466 e. The Bertz CT molecular complexity index is 647. The normalized spacial score (nSPS) is 15.0. The van der Waals surface area contributed by atoms with E-state index in [9.17, 15) is 9.90 Å². The van der Waals surface area contributed by atoms with Gasteiger partial charge in [-0.2, -0.15) is 0 Å². The molecule has 0 saturated heterocycles. The molecular weight excluding hydrogens is 312 g/mol. The Hall–Kier alpha value is -1.79. The lowest BCUT2D eigenvalue weighted by atomic mass is 9.96. The number of urea groups is 1. The van der Waals surface area contributed by atoms with Crippen molar-refractivity contribution >= 4 is 17.4 Å². The second-order valence-corrected chi connectivity index (χ2v) is 7.06. The second-order valence-electron chi connectivity index (χ2n) is 6.08. The summed E-state index contributed by atoms with van der Waals surface area (Å²) >= 11 is 1.68. The number of thiophene rings is 1. The smallest absolute Gasteiger partial charge is 0.314 e. The largest absolute Gasteiger partial charge is 0.466 e. The molecule has 0 fully saturated rings. The Morgan fingerprint density at radius 1 is 1.43 bits per heavy atom. The molecule has 0 saturated carbocycles. The molecule has 2 heterocycles. The number of nitrogens with one attached hydrogen (secondary N) is 2. The van der Waals surface area contributed by atoms with Crippen LogP contribution in [-0.2, 0) is 5.60 Å². The quantitative estimate of drug-likeness (QED) is 0.758. The Morgan fingerprint density at radius 3 is 2.74 bits per heavy atom. The molecule has 23 heavy (non-hydrogen) atoms. The van der Waals surface area contributed by atoms with Gasteiger partial charge in [0.05, 0.1) is 6.54 Å². The van der Waals surface area contributed by atoms with E-state index in [0.29, 0.717) is 17.9 Å². The highest BCUT2D eigenvalue weighted by Crippen LogP contribution is 2.26. The number of aliphatic hydroxyl groups is 1. The molecule has 126 valence electrons. The first kappa shape index (κ1) is 17.6. The molecule has 2 unspecified atom stereocenters. The first-order valence-electron chi connectivity index (χ1n) is 7.64. The Labute approximate surface area is 140 Å². The minimum absolute atomic E-state index is 0.117. The van der Waals surface area contributed by atoms with Crippen LogP contribution >= 0.6 is 11.3 Å². The lowest BCUT2D eigenvalue weighted by Crippen LogP contribution is -2.44. The summed E-state index contributed by atoms with van der Waals surface area (Å²) in [6.07, 6.45) is 0. The van der Waals surface area contributed by atoms with E-state index >= 15 is 0 Å². The minimum atomic E-state index is -1.17. The van der Waals surface area contributed by atoms with Crippen molar-refractivity contribution in [2.45, 2.75) is 39.2 Å². The van der Waals surface area contributed by atoms with Crippen LogP contribution in [0, 0.1) is 13.8 Å². The van der Waals surface area contributed by atoms with Gasteiger partial charge in [0.1, 0.15) is 17.1 Å². The molecule has 2 aromatic rings. The number of aryl methyl sites for hydroxylation is 2. The average molecular weight is 336 g/mol. The van der Waals surface area contributed by atoms with Crippen LogP contribution < -0.4 is 10.6 Å². The maximum absolute atomic E-state index is 11.9. The summed E-state index contributed by atoms with van der Waals surface area (Å²) < 4.78 is 5.44. The maximum atomic E-state index is 11.9. The van der Waals surface area contributed by atoms with Gasteiger partial charge in [-0.05, 0) is 38.3 Å². The summed E-state index contributed by atoms with van der Waals surface area (Å²) in [5.41, 5.74) is -0.472. The highest BCUT2D eigenvalue weighted by molar-refractivity contribution is 7.10. The van der Waals surface area contributed by atoms with E-state index in [-0.39, 0.29) is 18.5 Å². The van der Waals surface area contributed by atoms with E-state index in [1.54, 1.807) is 31.3 Å². The van der Waals surface area contributed by atoms with Crippen LogP contribution in [-0.4, -0.2) is 24.2 Å². The van der Waals surface area contributed by atoms with Crippen molar-refractivity contribution in [2.75, 3.05) is 13.1 Å². The number of amides is 2. The molecule has 6 heteroatoms. The first-order valence-corrected chi connectivity index (χ1v) is 8.52. The van der Waals surface area contributed by atoms with Crippen LogP contribution in [0.2, 0.25) is 0 Å². The van der Waals surface area contributed by atoms with Crippen molar-refractivity contribution in [3.63, 3.8) is 0 Å².